The number of nitrogens with zero attached hydrogens (tertiary/aromatic N) is 5. The molecule has 2 N–H and O–H groups in total. The molecule has 1 saturated carbocycles. The molecule has 67 heavy (non-hydrogen) atoms. The maximum absolute atomic E-state index is 5.79. The summed E-state index contributed by atoms with van der Waals surface area (Å²) in [5.74, 6) is 5.16. The smallest absolute Gasteiger partial charge is 0.0707 e. The SMILES string of the molecule is C#CCCC(C)(C)Cc1c(-c2cccnc2C(C)C)n(CC)c2ccc(-c3cc(C)cc(CC(NC(=C)C(C(C)C)N(C)C)C(=C)N4CCCCN4)c3)cc12.C=CC1CCN(C(=C)C2CC2)C1. The van der Waals surface area contributed by atoms with Crippen molar-refractivity contribution < 1.29 is 0 Å². The van der Waals surface area contributed by atoms with Crippen molar-refractivity contribution in [2.45, 2.75) is 138 Å². The first-order valence-corrected chi connectivity index (χ1v) is 25.5. The number of fused-ring (bicyclic) bond motifs is 1. The summed E-state index contributed by atoms with van der Waals surface area (Å²) in [6.07, 6.45) is 19.6. The normalized spacial score (nSPS) is 17.3. The Hall–Kier alpha value is -5.03. The molecule has 2 aliphatic heterocycles. The van der Waals surface area contributed by atoms with Gasteiger partial charge in [0.05, 0.1) is 23.5 Å². The molecule has 360 valence electrons. The average molecular weight is 904 g/mol. The third-order valence-corrected chi connectivity index (χ3v) is 14.4. The molecule has 0 radical (unpaired) electrons. The van der Waals surface area contributed by atoms with Crippen LogP contribution in [-0.2, 0) is 19.4 Å². The zero-order valence-corrected chi connectivity index (χ0v) is 43.3. The number of rotatable bonds is 20. The fraction of sp³-hybridized carbons (Fsp3) is 0.517. The summed E-state index contributed by atoms with van der Waals surface area (Å²) >= 11 is 0. The van der Waals surface area contributed by atoms with Gasteiger partial charge in [0.25, 0.3) is 0 Å². The Morgan fingerprint density at radius 1 is 1.01 bits per heavy atom. The van der Waals surface area contributed by atoms with Gasteiger partial charge in [-0.1, -0.05) is 97.2 Å². The van der Waals surface area contributed by atoms with E-state index in [-0.39, 0.29) is 17.5 Å². The maximum atomic E-state index is 5.79. The van der Waals surface area contributed by atoms with Crippen molar-refractivity contribution in [3.05, 3.63) is 127 Å². The summed E-state index contributed by atoms with van der Waals surface area (Å²) in [5.41, 5.74) is 18.4. The number of hydrazine groups is 1. The molecule has 3 fully saturated rings. The van der Waals surface area contributed by atoms with Crippen LogP contribution in [0, 0.1) is 42.4 Å². The molecule has 0 spiro atoms. The van der Waals surface area contributed by atoms with Crippen LogP contribution in [0.5, 0.6) is 0 Å². The molecule has 1 aliphatic carbocycles. The lowest BCUT2D eigenvalue weighted by molar-refractivity contribution is 0.185. The molecule has 3 atom stereocenters. The summed E-state index contributed by atoms with van der Waals surface area (Å²) in [5, 5.41) is 7.45. The highest BCUT2D eigenvalue weighted by atomic mass is 15.5. The standard InChI is InChI=1S/C49H68N6.C11H17N/c1-14-16-23-49(10,11)32-43-42-31-39(21-22-45(42)54(15-2)48(43)41-20-19-24-50-46(41)33(3)4)40-28-35(7)27-38(29-40)30-44(37(9)55-26-18-17-25-51-55)52-36(8)47(34(5)6)53(12)13;1-3-10-6-7-12(8-10)9(2)11-4-5-11/h1,19-22,24,27-29,31,33-34,44,47,51-52H,8-9,15-18,23,25-26,30,32H2,2-7,10-13H3;3,10-11H,1-2,4-8H2. The number of terminal acetylenes is 1. The molecular weight excluding hydrogens is 819 g/mol. The van der Waals surface area contributed by atoms with Crippen LogP contribution in [0.1, 0.15) is 122 Å². The maximum Gasteiger partial charge on any atom is 0.0707 e. The van der Waals surface area contributed by atoms with Gasteiger partial charge in [-0.2, -0.15) is 0 Å². The molecule has 4 aromatic rings. The quantitative estimate of drug-likeness (QED) is 0.0681. The summed E-state index contributed by atoms with van der Waals surface area (Å²) in [6.45, 7) is 40.6. The predicted molar refractivity (Wildman–Crippen MR) is 288 cm³/mol. The first-order chi connectivity index (χ1) is 32.0. The zero-order valence-electron chi connectivity index (χ0n) is 43.3. The predicted octanol–water partition coefficient (Wildman–Crippen LogP) is 12.9. The Labute approximate surface area is 406 Å². The van der Waals surface area contributed by atoms with Gasteiger partial charge in [-0.15, -0.1) is 18.9 Å². The van der Waals surface area contributed by atoms with E-state index < -0.39 is 0 Å². The third-order valence-electron chi connectivity index (χ3n) is 14.4. The van der Waals surface area contributed by atoms with E-state index >= 15 is 0 Å². The number of pyridine rings is 1. The first-order valence-electron chi connectivity index (χ1n) is 25.5. The van der Waals surface area contributed by atoms with Gasteiger partial charge in [0.1, 0.15) is 0 Å². The zero-order chi connectivity index (χ0) is 48.6. The molecule has 7 nitrogen and oxygen atoms in total. The van der Waals surface area contributed by atoms with E-state index in [1.54, 1.807) is 0 Å². The average Bonchev–Trinajstić information content (AvgIpc) is 3.96. The van der Waals surface area contributed by atoms with Gasteiger partial charge in [0.2, 0.25) is 0 Å². The second-order valence-electron chi connectivity index (χ2n) is 21.5. The van der Waals surface area contributed by atoms with Gasteiger partial charge in [0.15, 0.2) is 0 Å². The Morgan fingerprint density at radius 2 is 1.78 bits per heavy atom. The number of allylic oxidation sites excluding steroid dienone is 1. The number of benzene rings is 2. The fourth-order valence-corrected chi connectivity index (χ4v) is 10.8. The summed E-state index contributed by atoms with van der Waals surface area (Å²) in [6, 6.07) is 18.7. The molecule has 2 aromatic heterocycles. The number of hydrogen-bond acceptors (Lipinski definition) is 6. The van der Waals surface area contributed by atoms with E-state index in [0.29, 0.717) is 17.8 Å². The molecule has 3 unspecified atom stereocenters. The number of aromatic nitrogens is 2. The van der Waals surface area contributed by atoms with Crippen molar-refractivity contribution in [1.82, 2.24) is 35.1 Å². The number of aryl methyl sites for hydroxylation is 2. The second kappa shape index (κ2) is 22.8. The van der Waals surface area contributed by atoms with E-state index in [2.05, 4.69) is 186 Å². The van der Waals surface area contributed by atoms with Crippen LogP contribution >= 0.6 is 0 Å². The minimum Gasteiger partial charge on any atom is -0.379 e. The Morgan fingerprint density at radius 3 is 2.39 bits per heavy atom. The Balaban J connectivity index is 0.000000530. The highest BCUT2D eigenvalue weighted by Gasteiger charge is 2.32. The lowest BCUT2D eigenvalue weighted by Crippen LogP contribution is -2.50. The van der Waals surface area contributed by atoms with Crippen LogP contribution in [0.4, 0.5) is 0 Å². The van der Waals surface area contributed by atoms with Gasteiger partial charge in [0, 0.05) is 78.9 Å². The fourth-order valence-electron chi connectivity index (χ4n) is 10.8. The van der Waals surface area contributed by atoms with Crippen molar-refractivity contribution in [1.29, 1.82) is 0 Å². The van der Waals surface area contributed by atoms with Crippen molar-refractivity contribution in [2.24, 2.45) is 23.2 Å². The van der Waals surface area contributed by atoms with E-state index in [1.165, 1.54) is 94.4 Å². The van der Waals surface area contributed by atoms with E-state index in [1.807, 2.05) is 6.20 Å². The van der Waals surface area contributed by atoms with Crippen molar-refractivity contribution in [3.8, 4) is 34.7 Å². The van der Waals surface area contributed by atoms with Gasteiger partial charge in [-0.05, 0) is 155 Å². The number of likely N-dealkylation sites (N-methyl/N-ethyl adjacent to an activating group) is 1. The Bertz CT molecular complexity index is 2390. The Kier molecular flexibility index (Phi) is 17.5. The molecular formula is C60H85N7. The van der Waals surface area contributed by atoms with E-state index in [9.17, 15) is 0 Å². The van der Waals surface area contributed by atoms with Gasteiger partial charge in [-0.25, -0.2) is 5.43 Å². The van der Waals surface area contributed by atoms with Crippen molar-refractivity contribution >= 4 is 10.9 Å². The number of hydrogen-bond donors (Lipinski definition) is 2. The molecule has 7 heteroatoms. The molecule has 7 rings (SSSR count). The van der Waals surface area contributed by atoms with Gasteiger partial charge >= 0.3 is 0 Å². The van der Waals surface area contributed by atoms with Crippen LogP contribution in [-0.4, -0.2) is 76.7 Å². The molecule has 0 amide bonds. The first kappa shape index (κ1) is 51.4. The molecule has 3 aliphatic rings. The van der Waals surface area contributed by atoms with Gasteiger partial charge < -0.3 is 24.7 Å². The molecule has 2 saturated heterocycles. The summed E-state index contributed by atoms with van der Waals surface area (Å²) in [7, 11) is 4.28. The summed E-state index contributed by atoms with van der Waals surface area (Å²) in [4.78, 5) is 9.63. The summed E-state index contributed by atoms with van der Waals surface area (Å²) < 4.78 is 2.51. The van der Waals surface area contributed by atoms with Crippen molar-refractivity contribution in [2.75, 3.05) is 40.3 Å². The highest BCUT2D eigenvalue weighted by molar-refractivity contribution is 5.95. The van der Waals surface area contributed by atoms with Gasteiger partial charge in [-0.3, -0.25) is 4.98 Å². The number of likely N-dealkylation sites (tertiary alicyclic amines) is 1. The van der Waals surface area contributed by atoms with Crippen LogP contribution in [0.15, 0.2) is 104 Å². The van der Waals surface area contributed by atoms with Crippen LogP contribution in [0.3, 0.4) is 0 Å². The van der Waals surface area contributed by atoms with Crippen LogP contribution in [0.2, 0.25) is 0 Å². The number of nitrogens with one attached hydrogen (secondary N) is 2. The molecule has 0 bridgehead atoms. The molecule has 2 aromatic carbocycles. The topological polar surface area (TPSA) is 51.6 Å². The minimum atomic E-state index is -0.0101. The second-order valence-corrected chi connectivity index (χ2v) is 21.5. The van der Waals surface area contributed by atoms with Crippen LogP contribution < -0.4 is 10.7 Å². The minimum absolute atomic E-state index is 0.0101. The lowest BCUT2D eigenvalue weighted by Gasteiger charge is -2.38. The van der Waals surface area contributed by atoms with Crippen LogP contribution in [0.25, 0.3) is 33.3 Å². The lowest BCUT2D eigenvalue weighted by atomic mass is 9.80. The van der Waals surface area contributed by atoms with Crippen molar-refractivity contribution in [3.63, 3.8) is 0 Å². The largest absolute Gasteiger partial charge is 0.379 e. The third kappa shape index (κ3) is 12.7. The van der Waals surface area contributed by atoms with E-state index in [0.717, 1.165) is 74.7 Å². The van der Waals surface area contributed by atoms with E-state index in [4.69, 9.17) is 11.4 Å². The monoisotopic (exact) mass is 904 g/mol. The molecule has 4 heterocycles. The highest BCUT2D eigenvalue weighted by Crippen LogP contribution is 2.43.